The molecular formula is C24H22N4O2S. The molecule has 156 valence electrons. The van der Waals surface area contributed by atoms with E-state index in [-0.39, 0.29) is 17.4 Å². The minimum atomic E-state index is -0.244. The van der Waals surface area contributed by atoms with E-state index in [9.17, 15) is 9.59 Å². The van der Waals surface area contributed by atoms with Crippen molar-refractivity contribution in [2.75, 3.05) is 5.32 Å². The number of aromatic nitrogens is 3. The maximum Gasteiger partial charge on any atom is 0.264 e. The summed E-state index contributed by atoms with van der Waals surface area (Å²) in [5, 5.41) is 10.3. The van der Waals surface area contributed by atoms with Crippen LogP contribution in [-0.2, 0) is 0 Å². The quantitative estimate of drug-likeness (QED) is 0.453. The molecule has 2 aromatic carbocycles. The number of benzene rings is 2. The van der Waals surface area contributed by atoms with E-state index in [4.69, 9.17) is 4.98 Å². The highest BCUT2D eigenvalue weighted by atomic mass is 32.1. The maximum atomic E-state index is 12.8. The molecule has 0 spiro atoms. The van der Waals surface area contributed by atoms with Crippen molar-refractivity contribution >= 4 is 22.4 Å². The Morgan fingerprint density at radius 3 is 2.45 bits per heavy atom. The molecule has 2 heterocycles. The summed E-state index contributed by atoms with van der Waals surface area (Å²) in [6.45, 7) is 5.94. The second-order valence-corrected chi connectivity index (χ2v) is 8.52. The van der Waals surface area contributed by atoms with Crippen LogP contribution in [0.25, 0.3) is 21.8 Å². The van der Waals surface area contributed by atoms with E-state index < -0.39 is 0 Å². The lowest BCUT2D eigenvalue weighted by Crippen LogP contribution is -2.12. The average Bonchev–Trinajstić information content (AvgIpc) is 3.18. The number of thiazole rings is 1. The molecule has 0 saturated heterocycles. The monoisotopic (exact) mass is 430 g/mol. The molecule has 0 unspecified atom stereocenters. The summed E-state index contributed by atoms with van der Waals surface area (Å²) in [4.78, 5) is 30.3. The zero-order valence-electron chi connectivity index (χ0n) is 17.5. The van der Waals surface area contributed by atoms with Crippen molar-refractivity contribution in [2.24, 2.45) is 0 Å². The molecule has 0 aliphatic rings. The molecule has 7 heteroatoms. The largest absolute Gasteiger partial charge is 0.298 e. The van der Waals surface area contributed by atoms with E-state index in [1.807, 2.05) is 69.3 Å². The minimum Gasteiger partial charge on any atom is -0.298 e. The average molecular weight is 431 g/mol. The van der Waals surface area contributed by atoms with E-state index in [1.54, 1.807) is 12.1 Å². The summed E-state index contributed by atoms with van der Waals surface area (Å²) in [5.41, 5.74) is 4.38. The first-order valence-corrected chi connectivity index (χ1v) is 10.8. The summed E-state index contributed by atoms with van der Waals surface area (Å²) in [7, 11) is 0. The first kappa shape index (κ1) is 20.7. The summed E-state index contributed by atoms with van der Waals surface area (Å²) in [6.07, 6.45) is 0. The van der Waals surface area contributed by atoms with Crippen LogP contribution >= 0.6 is 11.3 Å². The number of hydrogen-bond donors (Lipinski definition) is 2. The molecule has 0 atom stereocenters. The van der Waals surface area contributed by atoms with E-state index in [2.05, 4.69) is 15.5 Å². The van der Waals surface area contributed by atoms with E-state index in [0.29, 0.717) is 22.1 Å². The van der Waals surface area contributed by atoms with Crippen LogP contribution in [-0.4, -0.2) is 21.1 Å². The highest BCUT2D eigenvalue weighted by molar-refractivity contribution is 7.19. The van der Waals surface area contributed by atoms with Gasteiger partial charge in [0.15, 0.2) is 5.13 Å². The summed E-state index contributed by atoms with van der Waals surface area (Å²) < 4.78 is 0. The topological polar surface area (TPSA) is 87.7 Å². The van der Waals surface area contributed by atoms with E-state index in [0.717, 1.165) is 21.6 Å². The number of nitrogens with zero attached hydrogens (tertiary/aromatic N) is 2. The van der Waals surface area contributed by atoms with Crippen molar-refractivity contribution in [3.05, 3.63) is 87.7 Å². The summed E-state index contributed by atoms with van der Waals surface area (Å²) in [6, 6.07) is 18.7. The minimum absolute atomic E-state index is 0.0977. The molecule has 2 N–H and O–H groups in total. The van der Waals surface area contributed by atoms with Crippen molar-refractivity contribution in [1.29, 1.82) is 0 Å². The third kappa shape index (κ3) is 4.32. The van der Waals surface area contributed by atoms with Gasteiger partial charge >= 0.3 is 0 Å². The predicted molar refractivity (Wildman–Crippen MR) is 125 cm³/mol. The van der Waals surface area contributed by atoms with Gasteiger partial charge in [-0.05, 0) is 30.0 Å². The Morgan fingerprint density at radius 2 is 1.74 bits per heavy atom. The van der Waals surface area contributed by atoms with Crippen molar-refractivity contribution < 1.29 is 4.79 Å². The lowest BCUT2D eigenvalue weighted by atomic mass is 10.00. The van der Waals surface area contributed by atoms with Crippen LogP contribution in [0.3, 0.4) is 0 Å². The van der Waals surface area contributed by atoms with E-state index in [1.165, 1.54) is 11.3 Å². The molecule has 0 fully saturated rings. The fraction of sp³-hybridized carbons (Fsp3) is 0.167. The molecular weight excluding hydrogens is 408 g/mol. The molecule has 1 amide bonds. The SMILES string of the molecule is Cc1ccccc1C(=O)Nc1nc(-c2ccccc2)c(-c2n[nH]c(=O)cc2C(C)C)s1. The number of aromatic amines is 1. The van der Waals surface area contributed by atoms with Crippen molar-refractivity contribution in [3.63, 3.8) is 0 Å². The number of aryl methyl sites for hydroxylation is 1. The molecule has 31 heavy (non-hydrogen) atoms. The highest BCUT2D eigenvalue weighted by Crippen LogP contribution is 2.40. The van der Waals surface area contributed by atoms with Gasteiger partial charge < -0.3 is 0 Å². The van der Waals surface area contributed by atoms with Gasteiger partial charge in [-0.3, -0.25) is 14.9 Å². The second kappa shape index (κ2) is 8.65. The van der Waals surface area contributed by atoms with Crippen molar-refractivity contribution in [2.45, 2.75) is 26.7 Å². The standard InChI is InChI=1S/C24H22N4O2S/c1-14(2)18-13-19(29)27-28-21(18)22-20(16-10-5-4-6-11-16)25-24(31-22)26-23(30)17-12-8-7-9-15(17)3/h4-14H,1-3H3,(H,27,29)(H,25,26,30). The molecule has 6 nitrogen and oxygen atoms in total. The summed E-state index contributed by atoms with van der Waals surface area (Å²) >= 11 is 1.35. The number of amides is 1. The molecule has 2 aromatic heterocycles. The molecule has 4 aromatic rings. The summed E-state index contributed by atoms with van der Waals surface area (Å²) in [5.74, 6) is -0.114. The Morgan fingerprint density at radius 1 is 1.03 bits per heavy atom. The fourth-order valence-corrected chi connectivity index (χ4v) is 4.35. The van der Waals surface area contributed by atoms with Crippen LogP contribution in [0.2, 0.25) is 0 Å². The maximum absolute atomic E-state index is 12.8. The number of carbonyl (C=O) groups is 1. The molecule has 0 saturated carbocycles. The normalized spacial score (nSPS) is 11.0. The van der Waals surface area contributed by atoms with Gasteiger partial charge in [0.25, 0.3) is 11.5 Å². The van der Waals surface area contributed by atoms with Gasteiger partial charge in [-0.15, -0.1) is 0 Å². The van der Waals surface area contributed by atoms with Crippen LogP contribution in [0.1, 0.15) is 41.3 Å². The van der Waals surface area contributed by atoms with E-state index >= 15 is 0 Å². The molecule has 4 rings (SSSR count). The number of carbonyl (C=O) groups excluding carboxylic acids is 1. The fourth-order valence-electron chi connectivity index (χ4n) is 3.36. The number of H-pyrrole nitrogens is 1. The van der Waals surface area contributed by atoms with Gasteiger partial charge in [0, 0.05) is 17.2 Å². The Labute approximate surface area is 184 Å². The van der Waals surface area contributed by atoms with Gasteiger partial charge in [-0.25, -0.2) is 10.1 Å². The third-order valence-corrected chi connectivity index (χ3v) is 5.94. The lowest BCUT2D eigenvalue weighted by Gasteiger charge is -2.10. The Balaban J connectivity index is 1.82. The molecule has 0 aliphatic heterocycles. The van der Waals surface area contributed by atoms with Gasteiger partial charge in [-0.2, -0.15) is 5.10 Å². The first-order chi connectivity index (χ1) is 14.9. The molecule has 0 bridgehead atoms. The van der Waals surface area contributed by atoms with Gasteiger partial charge in [0.05, 0.1) is 10.6 Å². The zero-order chi connectivity index (χ0) is 22.0. The Kier molecular flexibility index (Phi) is 5.77. The van der Waals surface area contributed by atoms with Gasteiger partial charge in [0.2, 0.25) is 0 Å². The highest BCUT2D eigenvalue weighted by Gasteiger charge is 2.22. The number of nitrogens with one attached hydrogen (secondary N) is 2. The van der Waals surface area contributed by atoms with Crippen LogP contribution in [0.4, 0.5) is 5.13 Å². The Bertz CT molecular complexity index is 1290. The first-order valence-electron chi connectivity index (χ1n) is 9.97. The van der Waals surface area contributed by atoms with Crippen LogP contribution in [0.5, 0.6) is 0 Å². The van der Waals surface area contributed by atoms with Crippen LogP contribution in [0, 0.1) is 6.92 Å². The third-order valence-electron chi connectivity index (χ3n) is 4.96. The van der Waals surface area contributed by atoms with Gasteiger partial charge in [-0.1, -0.05) is 73.7 Å². The molecule has 0 aliphatic carbocycles. The number of rotatable bonds is 5. The van der Waals surface area contributed by atoms with Crippen molar-refractivity contribution in [1.82, 2.24) is 15.2 Å². The predicted octanol–water partition coefficient (Wildman–Crippen LogP) is 5.24. The molecule has 0 radical (unpaired) electrons. The number of anilines is 1. The number of hydrogen-bond acceptors (Lipinski definition) is 5. The second-order valence-electron chi connectivity index (χ2n) is 7.52. The smallest absolute Gasteiger partial charge is 0.264 e. The zero-order valence-corrected chi connectivity index (χ0v) is 18.3. The van der Waals surface area contributed by atoms with Crippen LogP contribution in [0.15, 0.2) is 65.5 Å². The van der Waals surface area contributed by atoms with Gasteiger partial charge in [0.1, 0.15) is 5.69 Å². The Hall–Kier alpha value is -3.58. The van der Waals surface area contributed by atoms with Crippen molar-refractivity contribution in [3.8, 4) is 21.8 Å². The lowest BCUT2D eigenvalue weighted by molar-refractivity contribution is 0.102. The van der Waals surface area contributed by atoms with Crippen LogP contribution < -0.4 is 10.9 Å².